The molecule has 1 heterocycles. The van der Waals surface area contributed by atoms with Crippen LogP contribution in [0, 0.1) is 0 Å². The minimum absolute atomic E-state index is 0.109. The monoisotopic (exact) mass is 275 g/mol. The zero-order chi connectivity index (χ0) is 14.5. The van der Waals surface area contributed by atoms with E-state index in [9.17, 15) is 4.79 Å². The van der Waals surface area contributed by atoms with Gasteiger partial charge in [-0.2, -0.15) is 0 Å². The van der Waals surface area contributed by atoms with Crippen LogP contribution in [0.5, 0.6) is 0 Å². The molecule has 2 rings (SSSR count). The van der Waals surface area contributed by atoms with Crippen LogP contribution in [0.3, 0.4) is 0 Å². The average Bonchev–Trinajstić information content (AvgIpc) is 2.47. The number of para-hydroxylation sites is 1. The number of nitrogens with zero attached hydrogens (tertiary/aromatic N) is 2. The third-order valence-corrected chi connectivity index (χ3v) is 3.92. The number of anilines is 1. The number of carbonyl (C=O) groups is 1. The van der Waals surface area contributed by atoms with Gasteiger partial charge in [0.25, 0.3) is 5.91 Å². The predicted octanol–water partition coefficient (Wildman–Crippen LogP) is 2.10. The Kier molecular flexibility index (Phi) is 5.01. The van der Waals surface area contributed by atoms with Crippen molar-refractivity contribution in [2.75, 3.05) is 31.6 Å². The third kappa shape index (κ3) is 3.31. The smallest absolute Gasteiger partial charge is 0.255 e. The van der Waals surface area contributed by atoms with Gasteiger partial charge >= 0.3 is 0 Å². The number of benzene rings is 1. The number of carbonyl (C=O) groups excluding carboxylic acids is 1. The largest absolute Gasteiger partial charge is 0.371 e. The van der Waals surface area contributed by atoms with Gasteiger partial charge in [0.1, 0.15) is 0 Å². The Hall–Kier alpha value is -1.55. The molecular formula is C16H25N3O. The van der Waals surface area contributed by atoms with Crippen molar-refractivity contribution in [1.82, 2.24) is 4.90 Å². The second-order valence-electron chi connectivity index (χ2n) is 5.57. The molecule has 0 radical (unpaired) electrons. The Bertz CT molecular complexity index is 453. The number of nitrogens with two attached hydrogens (primary N) is 1. The van der Waals surface area contributed by atoms with Gasteiger partial charge in [-0.1, -0.05) is 19.1 Å². The third-order valence-electron chi connectivity index (χ3n) is 3.92. The number of piperidine rings is 1. The first-order valence-corrected chi connectivity index (χ1v) is 7.48. The first-order chi connectivity index (χ1) is 9.63. The summed E-state index contributed by atoms with van der Waals surface area (Å²) in [5.74, 6) is 0.109. The highest BCUT2D eigenvalue weighted by molar-refractivity contribution is 5.99. The molecule has 0 bridgehead atoms. The fourth-order valence-corrected chi connectivity index (χ4v) is 2.71. The van der Waals surface area contributed by atoms with Gasteiger partial charge in [0.2, 0.25) is 0 Å². The van der Waals surface area contributed by atoms with Crippen LogP contribution in [0.2, 0.25) is 0 Å². The first-order valence-electron chi connectivity index (χ1n) is 7.48. The highest BCUT2D eigenvalue weighted by atomic mass is 16.2. The molecule has 0 atom stereocenters. The molecule has 2 N–H and O–H groups in total. The summed E-state index contributed by atoms with van der Waals surface area (Å²) in [5, 5.41) is 0. The molecule has 1 saturated heterocycles. The molecule has 1 aromatic carbocycles. The molecule has 20 heavy (non-hydrogen) atoms. The summed E-state index contributed by atoms with van der Waals surface area (Å²) < 4.78 is 0. The molecule has 1 amide bonds. The van der Waals surface area contributed by atoms with E-state index in [-0.39, 0.29) is 5.91 Å². The van der Waals surface area contributed by atoms with Crippen molar-refractivity contribution < 1.29 is 4.79 Å². The molecule has 1 aliphatic rings. The quantitative estimate of drug-likeness (QED) is 0.915. The Morgan fingerprint density at radius 2 is 2.00 bits per heavy atom. The molecule has 4 nitrogen and oxygen atoms in total. The molecule has 1 aliphatic heterocycles. The minimum Gasteiger partial charge on any atom is -0.371 e. The van der Waals surface area contributed by atoms with Crippen molar-refractivity contribution in [3.63, 3.8) is 0 Å². The Morgan fingerprint density at radius 3 is 2.65 bits per heavy atom. The molecule has 0 unspecified atom stereocenters. The van der Waals surface area contributed by atoms with E-state index in [4.69, 9.17) is 5.73 Å². The fourth-order valence-electron chi connectivity index (χ4n) is 2.71. The standard InChI is InChI=1S/C16H25N3O/c1-3-10-18(2)16(20)14-6-4-5-7-15(14)19-11-8-13(17)9-12-19/h4-7,13H,3,8-12,17H2,1-2H3. The molecule has 0 saturated carbocycles. The van der Waals surface area contributed by atoms with Gasteiger partial charge in [-0.05, 0) is 31.4 Å². The number of amides is 1. The topological polar surface area (TPSA) is 49.6 Å². The second-order valence-corrected chi connectivity index (χ2v) is 5.57. The van der Waals surface area contributed by atoms with Gasteiger partial charge in [0.15, 0.2) is 0 Å². The lowest BCUT2D eigenvalue weighted by Gasteiger charge is -2.33. The predicted molar refractivity (Wildman–Crippen MR) is 83.1 cm³/mol. The average molecular weight is 275 g/mol. The van der Waals surface area contributed by atoms with E-state index in [1.807, 2.05) is 31.3 Å². The van der Waals surface area contributed by atoms with Crippen molar-refractivity contribution in [3.8, 4) is 0 Å². The van der Waals surface area contributed by atoms with Gasteiger partial charge in [-0.15, -0.1) is 0 Å². The van der Waals surface area contributed by atoms with Crippen LogP contribution >= 0.6 is 0 Å². The molecule has 1 fully saturated rings. The number of rotatable bonds is 4. The molecule has 0 spiro atoms. The molecular weight excluding hydrogens is 250 g/mol. The van der Waals surface area contributed by atoms with Crippen LogP contribution in [0.4, 0.5) is 5.69 Å². The Balaban J connectivity index is 2.19. The maximum absolute atomic E-state index is 12.5. The lowest BCUT2D eigenvalue weighted by Crippen LogP contribution is -2.40. The van der Waals surface area contributed by atoms with Gasteiger partial charge in [-0.3, -0.25) is 4.79 Å². The SMILES string of the molecule is CCCN(C)C(=O)c1ccccc1N1CCC(N)CC1. The van der Waals surface area contributed by atoms with Crippen molar-refractivity contribution in [1.29, 1.82) is 0 Å². The number of hydrogen-bond donors (Lipinski definition) is 1. The summed E-state index contributed by atoms with van der Waals surface area (Å²) in [6.45, 7) is 4.74. The van der Waals surface area contributed by atoms with Crippen LogP contribution in [0.1, 0.15) is 36.5 Å². The van der Waals surface area contributed by atoms with E-state index in [2.05, 4.69) is 11.8 Å². The van der Waals surface area contributed by atoms with Crippen LogP contribution < -0.4 is 10.6 Å². The Labute approximate surface area is 121 Å². The lowest BCUT2D eigenvalue weighted by atomic mass is 10.0. The molecule has 4 heteroatoms. The van der Waals surface area contributed by atoms with Crippen molar-refractivity contribution >= 4 is 11.6 Å². The van der Waals surface area contributed by atoms with Crippen molar-refractivity contribution in [2.24, 2.45) is 5.73 Å². The second kappa shape index (κ2) is 6.75. The van der Waals surface area contributed by atoms with E-state index < -0.39 is 0 Å². The first kappa shape index (κ1) is 14.9. The van der Waals surface area contributed by atoms with Crippen LogP contribution in [0.25, 0.3) is 0 Å². The van der Waals surface area contributed by atoms with E-state index in [1.54, 1.807) is 4.90 Å². The van der Waals surface area contributed by atoms with Gasteiger partial charge in [-0.25, -0.2) is 0 Å². The van der Waals surface area contributed by atoms with Crippen LogP contribution in [-0.4, -0.2) is 43.5 Å². The molecule has 0 aromatic heterocycles. The zero-order valence-corrected chi connectivity index (χ0v) is 12.5. The summed E-state index contributed by atoms with van der Waals surface area (Å²) in [7, 11) is 1.87. The maximum atomic E-state index is 12.5. The summed E-state index contributed by atoms with van der Waals surface area (Å²) >= 11 is 0. The zero-order valence-electron chi connectivity index (χ0n) is 12.5. The van der Waals surface area contributed by atoms with Crippen molar-refractivity contribution in [3.05, 3.63) is 29.8 Å². The van der Waals surface area contributed by atoms with Crippen molar-refractivity contribution in [2.45, 2.75) is 32.2 Å². The summed E-state index contributed by atoms with van der Waals surface area (Å²) in [4.78, 5) is 16.6. The van der Waals surface area contributed by atoms with E-state index in [0.717, 1.165) is 50.1 Å². The summed E-state index contributed by atoms with van der Waals surface area (Å²) in [6, 6.07) is 8.21. The molecule has 0 aliphatic carbocycles. The Morgan fingerprint density at radius 1 is 1.35 bits per heavy atom. The minimum atomic E-state index is 0.109. The van der Waals surface area contributed by atoms with E-state index in [0.29, 0.717) is 6.04 Å². The van der Waals surface area contributed by atoms with Gasteiger partial charge in [0, 0.05) is 38.4 Å². The normalized spacial score (nSPS) is 16.2. The van der Waals surface area contributed by atoms with E-state index >= 15 is 0 Å². The van der Waals surface area contributed by atoms with Gasteiger partial charge < -0.3 is 15.5 Å². The van der Waals surface area contributed by atoms with E-state index in [1.165, 1.54) is 0 Å². The summed E-state index contributed by atoms with van der Waals surface area (Å²) in [6.07, 6.45) is 2.96. The lowest BCUT2D eigenvalue weighted by molar-refractivity contribution is 0.0795. The summed E-state index contributed by atoms with van der Waals surface area (Å²) in [5.41, 5.74) is 7.81. The fraction of sp³-hybridized carbons (Fsp3) is 0.562. The van der Waals surface area contributed by atoms with Gasteiger partial charge in [0.05, 0.1) is 5.56 Å². The molecule has 1 aromatic rings. The maximum Gasteiger partial charge on any atom is 0.255 e. The van der Waals surface area contributed by atoms with Crippen LogP contribution in [-0.2, 0) is 0 Å². The molecule has 110 valence electrons. The highest BCUT2D eigenvalue weighted by Crippen LogP contribution is 2.24. The number of hydrogen-bond acceptors (Lipinski definition) is 3. The highest BCUT2D eigenvalue weighted by Gasteiger charge is 2.22. The van der Waals surface area contributed by atoms with Crippen LogP contribution in [0.15, 0.2) is 24.3 Å².